The Labute approximate surface area is 165 Å². The molecule has 0 saturated carbocycles. The molecule has 8 heteroatoms. The number of aromatic amines is 1. The Hall–Kier alpha value is -4.07. The van der Waals surface area contributed by atoms with Crippen LogP contribution >= 0.6 is 0 Å². The summed E-state index contributed by atoms with van der Waals surface area (Å²) in [5.74, 6) is -1.74. The summed E-state index contributed by atoms with van der Waals surface area (Å²) in [6, 6.07) is 12.1. The third-order valence-corrected chi connectivity index (χ3v) is 4.72. The van der Waals surface area contributed by atoms with Gasteiger partial charge in [0.05, 0.1) is 22.2 Å². The number of aromatic nitrogens is 2. The molecule has 4 rings (SSSR count). The summed E-state index contributed by atoms with van der Waals surface area (Å²) < 4.78 is 0. The van der Waals surface area contributed by atoms with Crippen LogP contribution < -0.4 is 10.2 Å². The van der Waals surface area contributed by atoms with Gasteiger partial charge in [-0.15, -0.1) is 0 Å². The van der Waals surface area contributed by atoms with Crippen LogP contribution in [0.1, 0.15) is 20.7 Å². The Morgan fingerprint density at radius 1 is 1.07 bits per heavy atom. The predicted octanol–water partition coefficient (Wildman–Crippen LogP) is 3.92. The highest BCUT2D eigenvalue weighted by Crippen LogP contribution is 2.34. The molecule has 0 unspecified atom stereocenters. The molecule has 0 fully saturated rings. The molecule has 0 radical (unpaired) electrons. The minimum Gasteiger partial charge on any atom is -0.478 e. The smallest absolute Gasteiger partial charge is 0.337 e. The van der Waals surface area contributed by atoms with Crippen LogP contribution in [0, 0.1) is 0 Å². The van der Waals surface area contributed by atoms with Crippen LogP contribution in [0.25, 0.3) is 21.8 Å². The molecule has 4 aromatic rings. The summed E-state index contributed by atoms with van der Waals surface area (Å²) in [5, 5.41) is 23.2. The van der Waals surface area contributed by atoms with Crippen molar-refractivity contribution in [2.24, 2.45) is 0 Å². The Bertz CT molecular complexity index is 1280. The van der Waals surface area contributed by atoms with Gasteiger partial charge in [0.2, 0.25) is 0 Å². The van der Waals surface area contributed by atoms with Crippen LogP contribution in [0.15, 0.2) is 48.7 Å². The van der Waals surface area contributed by atoms with Crippen molar-refractivity contribution in [2.75, 3.05) is 24.3 Å². The van der Waals surface area contributed by atoms with Crippen molar-refractivity contribution in [2.45, 2.75) is 0 Å². The molecule has 146 valence electrons. The second-order valence-corrected chi connectivity index (χ2v) is 6.82. The summed E-state index contributed by atoms with van der Waals surface area (Å²) in [4.78, 5) is 32.6. The number of carboxylic acid groups (broad SMARTS) is 2. The number of hydrogen-bond acceptors (Lipinski definition) is 5. The van der Waals surface area contributed by atoms with Gasteiger partial charge in [0.1, 0.15) is 0 Å². The molecular weight excluding hydrogens is 372 g/mol. The number of nitrogens with zero attached hydrogens (tertiary/aromatic N) is 2. The Morgan fingerprint density at radius 3 is 2.55 bits per heavy atom. The van der Waals surface area contributed by atoms with Gasteiger partial charge in [-0.1, -0.05) is 12.1 Å². The summed E-state index contributed by atoms with van der Waals surface area (Å²) in [5.41, 5.74) is 2.86. The Morgan fingerprint density at radius 2 is 1.86 bits per heavy atom. The average Bonchev–Trinajstić information content (AvgIpc) is 3.14. The zero-order chi connectivity index (χ0) is 20.7. The van der Waals surface area contributed by atoms with Crippen molar-refractivity contribution in [3.8, 4) is 0 Å². The maximum absolute atomic E-state index is 11.7. The summed E-state index contributed by atoms with van der Waals surface area (Å²) in [6.45, 7) is 0. The third kappa shape index (κ3) is 3.20. The van der Waals surface area contributed by atoms with E-state index in [2.05, 4.69) is 15.3 Å². The van der Waals surface area contributed by atoms with Gasteiger partial charge in [-0.25, -0.2) is 14.6 Å². The lowest BCUT2D eigenvalue weighted by Gasteiger charge is -2.15. The number of pyridine rings is 1. The Balaban J connectivity index is 1.95. The third-order valence-electron chi connectivity index (χ3n) is 4.72. The fraction of sp³-hybridized carbons (Fsp3) is 0.0952. The molecule has 0 saturated heterocycles. The molecule has 0 spiro atoms. The first-order chi connectivity index (χ1) is 13.8. The first-order valence-corrected chi connectivity index (χ1v) is 8.81. The highest BCUT2D eigenvalue weighted by Gasteiger charge is 2.19. The lowest BCUT2D eigenvalue weighted by molar-refractivity contribution is 0.0687. The van der Waals surface area contributed by atoms with Crippen LogP contribution in [-0.2, 0) is 0 Å². The van der Waals surface area contributed by atoms with Crippen molar-refractivity contribution in [3.05, 3.63) is 59.8 Å². The average molecular weight is 390 g/mol. The van der Waals surface area contributed by atoms with Gasteiger partial charge in [0.15, 0.2) is 5.82 Å². The van der Waals surface area contributed by atoms with Crippen molar-refractivity contribution in [1.29, 1.82) is 0 Å². The largest absolute Gasteiger partial charge is 0.478 e. The minimum absolute atomic E-state index is 0.0808. The SMILES string of the molecule is CN(C)c1cccc(Nc2nc3cc(C(=O)O)ccc3c3c(C(=O)O)c[nH]c23)c1. The first kappa shape index (κ1) is 18.3. The standard InChI is InChI=1S/C21H18N4O4/c1-25(2)13-5-3-4-12(9-13)23-19-18-17(15(10-22-18)21(28)29)14-7-6-11(20(26)27)8-16(14)24-19/h3-10,22H,1-2H3,(H,23,24)(H,26,27)(H,28,29). The predicted molar refractivity (Wildman–Crippen MR) is 112 cm³/mol. The van der Waals surface area contributed by atoms with Crippen LogP contribution in [-0.4, -0.2) is 46.2 Å². The number of anilines is 3. The molecule has 4 N–H and O–H groups in total. The van der Waals surface area contributed by atoms with Crippen LogP contribution in [0.3, 0.4) is 0 Å². The van der Waals surface area contributed by atoms with E-state index in [-0.39, 0.29) is 11.1 Å². The molecule has 29 heavy (non-hydrogen) atoms. The zero-order valence-electron chi connectivity index (χ0n) is 15.7. The maximum Gasteiger partial charge on any atom is 0.337 e. The molecular formula is C21H18N4O4. The first-order valence-electron chi connectivity index (χ1n) is 8.81. The van der Waals surface area contributed by atoms with E-state index < -0.39 is 11.9 Å². The normalized spacial score (nSPS) is 11.0. The molecule has 2 aromatic heterocycles. The van der Waals surface area contributed by atoms with Gasteiger partial charge in [0.25, 0.3) is 0 Å². The number of nitrogens with one attached hydrogen (secondary N) is 2. The molecule has 0 bridgehead atoms. The molecule has 8 nitrogen and oxygen atoms in total. The van der Waals surface area contributed by atoms with E-state index in [9.17, 15) is 19.8 Å². The number of hydrogen-bond donors (Lipinski definition) is 4. The second kappa shape index (κ2) is 6.83. The molecule has 0 aliphatic heterocycles. The number of H-pyrrole nitrogens is 1. The van der Waals surface area contributed by atoms with Gasteiger partial charge in [-0.2, -0.15) is 0 Å². The highest BCUT2D eigenvalue weighted by molar-refractivity contribution is 6.18. The number of benzene rings is 2. The van der Waals surface area contributed by atoms with E-state index in [0.717, 1.165) is 11.4 Å². The summed E-state index contributed by atoms with van der Waals surface area (Å²) in [7, 11) is 3.87. The molecule has 0 aliphatic carbocycles. The Kier molecular flexibility index (Phi) is 4.31. The van der Waals surface area contributed by atoms with E-state index in [1.807, 2.05) is 43.3 Å². The van der Waals surface area contributed by atoms with E-state index in [4.69, 9.17) is 0 Å². The van der Waals surface area contributed by atoms with Crippen LogP contribution in [0.4, 0.5) is 17.2 Å². The molecule has 2 aromatic carbocycles. The van der Waals surface area contributed by atoms with Crippen LogP contribution in [0.2, 0.25) is 0 Å². The van der Waals surface area contributed by atoms with E-state index in [1.54, 1.807) is 6.07 Å². The second-order valence-electron chi connectivity index (χ2n) is 6.82. The van der Waals surface area contributed by atoms with Gasteiger partial charge < -0.3 is 25.4 Å². The van der Waals surface area contributed by atoms with Crippen molar-refractivity contribution >= 4 is 50.9 Å². The quantitative estimate of drug-likeness (QED) is 0.408. The molecule has 2 heterocycles. The molecule has 0 aliphatic rings. The number of fused-ring (bicyclic) bond motifs is 3. The fourth-order valence-corrected chi connectivity index (χ4v) is 3.29. The number of aromatic carboxylic acids is 2. The van der Waals surface area contributed by atoms with E-state index >= 15 is 0 Å². The van der Waals surface area contributed by atoms with Crippen LogP contribution in [0.5, 0.6) is 0 Å². The number of carbonyl (C=O) groups is 2. The minimum atomic E-state index is -1.08. The van der Waals surface area contributed by atoms with Gasteiger partial charge in [-0.05, 0) is 30.3 Å². The topological polar surface area (TPSA) is 119 Å². The summed E-state index contributed by atoms with van der Waals surface area (Å²) in [6.07, 6.45) is 1.42. The molecule has 0 amide bonds. The van der Waals surface area contributed by atoms with Crippen molar-refractivity contribution < 1.29 is 19.8 Å². The maximum atomic E-state index is 11.7. The van der Waals surface area contributed by atoms with Gasteiger partial charge >= 0.3 is 11.9 Å². The highest BCUT2D eigenvalue weighted by atomic mass is 16.4. The van der Waals surface area contributed by atoms with Crippen molar-refractivity contribution in [3.63, 3.8) is 0 Å². The van der Waals surface area contributed by atoms with E-state index in [1.165, 1.54) is 18.3 Å². The zero-order valence-corrected chi connectivity index (χ0v) is 15.7. The van der Waals surface area contributed by atoms with Gasteiger partial charge in [0, 0.05) is 42.4 Å². The lowest BCUT2D eigenvalue weighted by Crippen LogP contribution is -2.08. The molecule has 0 atom stereocenters. The fourth-order valence-electron chi connectivity index (χ4n) is 3.29. The summed E-state index contributed by atoms with van der Waals surface area (Å²) >= 11 is 0. The monoisotopic (exact) mass is 390 g/mol. The van der Waals surface area contributed by atoms with Gasteiger partial charge in [-0.3, -0.25) is 0 Å². The van der Waals surface area contributed by atoms with E-state index in [0.29, 0.717) is 27.6 Å². The lowest BCUT2D eigenvalue weighted by atomic mass is 10.0. The number of rotatable bonds is 5. The van der Waals surface area contributed by atoms with Crippen molar-refractivity contribution in [1.82, 2.24) is 9.97 Å². The number of carboxylic acids is 2.